The number of ether oxygens (including phenoxy) is 1. The van der Waals surface area contributed by atoms with Gasteiger partial charge in [-0.1, -0.05) is 100 Å². The lowest BCUT2D eigenvalue weighted by molar-refractivity contribution is -0.330. The summed E-state index contributed by atoms with van der Waals surface area (Å²) < 4.78 is 6.92. The minimum absolute atomic E-state index is 0.0811. The highest BCUT2D eigenvalue weighted by Crippen LogP contribution is 2.73. The summed E-state index contributed by atoms with van der Waals surface area (Å²) in [7, 11) is 0. The van der Waals surface area contributed by atoms with Crippen molar-refractivity contribution in [3.05, 3.63) is 77.9 Å². The van der Waals surface area contributed by atoms with E-state index >= 15 is 0 Å². The Morgan fingerprint density at radius 2 is 1.56 bits per heavy atom. The van der Waals surface area contributed by atoms with Gasteiger partial charge in [0.1, 0.15) is 5.60 Å². The molecule has 1 spiro atoms. The summed E-state index contributed by atoms with van der Waals surface area (Å²) in [6.07, 6.45) is 14.7. The molecule has 39 heavy (non-hydrogen) atoms. The normalized spacial score (nSPS) is 41.3. The van der Waals surface area contributed by atoms with Crippen LogP contribution in [0, 0.1) is 40.4 Å². The molecule has 0 N–H and O–H groups in total. The average molecular weight is 523 g/mol. The number of allylic oxidation sites excluding steroid dienone is 1. The SMILES string of the molecule is CC(CC=C(c1ccccc1)c1ccccc1)C1CCC2C3CCCCC4CC[C@@]5(C)C4O[C@]35C(=O)C[C@]12C. The van der Waals surface area contributed by atoms with Gasteiger partial charge in [0.25, 0.3) is 0 Å². The molecule has 7 rings (SSSR count). The predicted molar refractivity (Wildman–Crippen MR) is 158 cm³/mol. The van der Waals surface area contributed by atoms with Crippen LogP contribution in [0.5, 0.6) is 0 Å². The Kier molecular flexibility index (Phi) is 6.23. The summed E-state index contributed by atoms with van der Waals surface area (Å²) in [5.41, 5.74) is 3.59. The lowest BCUT2D eigenvalue weighted by atomic mass is 9.45. The first-order valence-corrected chi connectivity index (χ1v) is 15.9. The van der Waals surface area contributed by atoms with E-state index in [1.54, 1.807) is 0 Å². The van der Waals surface area contributed by atoms with Crippen molar-refractivity contribution in [3.8, 4) is 0 Å². The Labute approximate surface area is 235 Å². The average Bonchev–Trinajstić information content (AvgIpc) is 3.45. The van der Waals surface area contributed by atoms with Crippen LogP contribution in [0.15, 0.2) is 66.7 Å². The second-order valence-corrected chi connectivity index (χ2v) is 14.3. The van der Waals surface area contributed by atoms with Gasteiger partial charge in [-0.3, -0.25) is 4.79 Å². The predicted octanol–water partition coefficient (Wildman–Crippen LogP) is 8.89. The molecule has 2 heterocycles. The highest BCUT2D eigenvalue weighted by Gasteiger charge is 2.78. The maximum absolute atomic E-state index is 14.4. The number of hydrogen-bond donors (Lipinski definition) is 0. The van der Waals surface area contributed by atoms with E-state index in [0.717, 1.165) is 12.8 Å². The molecule has 6 unspecified atom stereocenters. The Morgan fingerprint density at radius 3 is 2.26 bits per heavy atom. The molecule has 2 saturated heterocycles. The second-order valence-electron chi connectivity index (χ2n) is 14.3. The number of hydrogen-bond acceptors (Lipinski definition) is 2. The molecule has 3 aliphatic carbocycles. The van der Waals surface area contributed by atoms with Gasteiger partial charge in [0.15, 0.2) is 5.78 Å². The molecular weight excluding hydrogens is 476 g/mol. The number of carbonyl (C=O) groups is 1. The van der Waals surface area contributed by atoms with Gasteiger partial charge < -0.3 is 4.74 Å². The fraction of sp³-hybridized carbons (Fsp3) is 0.595. The summed E-state index contributed by atoms with van der Waals surface area (Å²) in [6.45, 7) is 7.39. The molecule has 9 atom stereocenters. The Morgan fingerprint density at radius 1 is 0.897 bits per heavy atom. The maximum Gasteiger partial charge on any atom is 0.166 e. The number of benzene rings is 2. The van der Waals surface area contributed by atoms with E-state index in [2.05, 4.69) is 87.5 Å². The molecule has 0 radical (unpaired) electrons. The van der Waals surface area contributed by atoms with Crippen LogP contribution in [0.3, 0.4) is 0 Å². The lowest BCUT2D eigenvalue weighted by Gasteiger charge is -2.67. The van der Waals surface area contributed by atoms with E-state index in [1.807, 2.05) is 0 Å². The van der Waals surface area contributed by atoms with Crippen molar-refractivity contribution < 1.29 is 9.53 Å². The molecule has 0 aromatic heterocycles. The summed E-state index contributed by atoms with van der Waals surface area (Å²) in [6, 6.07) is 21.7. The smallest absolute Gasteiger partial charge is 0.166 e. The third-order valence-electron chi connectivity index (χ3n) is 12.6. The quantitative estimate of drug-likeness (QED) is 0.392. The van der Waals surface area contributed by atoms with Gasteiger partial charge in [-0.15, -0.1) is 0 Å². The number of Topliss-reactive ketones (excluding diaryl/α,β-unsaturated/α-hetero) is 1. The van der Waals surface area contributed by atoms with Crippen LogP contribution in [0.4, 0.5) is 0 Å². The summed E-state index contributed by atoms with van der Waals surface area (Å²) >= 11 is 0. The third-order valence-corrected chi connectivity index (χ3v) is 12.6. The largest absolute Gasteiger partial charge is 0.362 e. The van der Waals surface area contributed by atoms with Gasteiger partial charge in [-0.25, -0.2) is 0 Å². The van der Waals surface area contributed by atoms with E-state index < -0.39 is 5.60 Å². The van der Waals surface area contributed by atoms with E-state index in [-0.39, 0.29) is 10.8 Å². The Balaban J connectivity index is 1.17. The molecule has 2 aromatic carbocycles. The molecule has 3 saturated carbocycles. The zero-order valence-electron chi connectivity index (χ0n) is 24.2. The van der Waals surface area contributed by atoms with E-state index in [1.165, 1.54) is 68.1 Å². The lowest BCUT2D eigenvalue weighted by Crippen LogP contribution is -2.77. The first-order valence-electron chi connectivity index (χ1n) is 15.9. The number of rotatable bonds is 5. The van der Waals surface area contributed by atoms with Crippen molar-refractivity contribution in [2.24, 2.45) is 40.4 Å². The molecule has 0 amide bonds. The number of carbonyl (C=O) groups excluding carboxylic acids is 1. The number of ketones is 1. The van der Waals surface area contributed by atoms with E-state index in [9.17, 15) is 4.79 Å². The van der Waals surface area contributed by atoms with Crippen LogP contribution >= 0.6 is 0 Å². The highest BCUT2D eigenvalue weighted by atomic mass is 16.6. The van der Waals surface area contributed by atoms with Gasteiger partial charge in [0.2, 0.25) is 0 Å². The minimum Gasteiger partial charge on any atom is -0.362 e. The minimum atomic E-state index is -0.479. The molecule has 206 valence electrons. The molecule has 5 fully saturated rings. The third kappa shape index (κ3) is 3.66. The van der Waals surface area contributed by atoms with Gasteiger partial charge in [0.05, 0.1) is 6.10 Å². The summed E-state index contributed by atoms with van der Waals surface area (Å²) in [4.78, 5) is 14.4. The second kappa shape index (κ2) is 9.44. The molecule has 2 aromatic rings. The van der Waals surface area contributed by atoms with Gasteiger partial charge in [-0.2, -0.15) is 0 Å². The van der Waals surface area contributed by atoms with Crippen molar-refractivity contribution in [1.82, 2.24) is 0 Å². The monoisotopic (exact) mass is 522 g/mol. The highest BCUT2D eigenvalue weighted by molar-refractivity contribution is 5.92. The van der Waals surface area contributed by atoms with Crippen molar-refractivity contribution in [2.45, 2.75) is 96.7 Å². The Bertz CT molecular complexity index is 1210. The molecular formula is C37H46O2. The van der Waals surface area contributed by atoms with Gasteiger partial charge in [-0.05, 0) is 96.7 Å². The molecule has 2 nitrogen and oxygen atoms in total. The van der Waals surface area contributed by atoms with Crippen molar-refractivity contribution in [1.29, 1.82) is 0 Å². The topological polar surface area (TPSA) is 26.3 Å². The first kappa shape index (κ1) is 25.8. The van der Waals surface area contributed by atoms with Crippen LogP contribution < -0.4 is 0 Å². The molecule has 2 bridgehead atoms. The zero-order chi connectivity index (χ0) is 26.8. The van der Waals surface area contributed by atoms with Crippen LogP contribution in [-0.2, 0) is 9.53 Å². The van der Waals surface area contributed by atoms with Crippen LogP contribution in [0.1, 0.15) is 96.1 Å². The van der Waals surface area contributed by atoms with Gasteiger partial charge >= 0.3 is 0 Å². The van der Waals surface area contributed by atoms with Crippen LogP contribution in [0.2, 0.25) is 0 Å². The maximum atomic E-state index is 14.4. The Hall–Kier alpha value is -2.19. The standard InChI is InChI=1S/C37H46O2/c1-25(18-19-29(26-12-6-4-7-13-26)27-14-8-5-9-15-27)30-20-21-31-32-17-11-10-16-28-22-23-36(3)34(28)39-37(32,36)33(38)24-35(30,31)2/h4-9,12-15,19,25,28,30-32,34H,10-11,16-18,20-24H2,1-3H3/t25?,28?,30?,31?,32?,34?,35-,36+,37+/m1/s1. The fourth-order valence-electron chi connectivity index (χ4n) is 10.8. The summed E-state index contributed by atoms with van der Waals surface area (Å²) in [5, 5.41) is 0. The zero-order valence-corrected chi connectivity index (χ0v) is 24.2. The van der Waals surface area contributed by atoms with Crippen LogP contribution in [0.25, 0.3) is 5.57 Å². The molecule has 5 aliphatic rings. The van der Waals surface area contributed by atoms with E-state index in [4.69, 9.17) is 4.74 Å². The fourth-order valence-corrected chi connectivity index (χ4v) is 10.8. The first-order chi connectivity index (χ1) is 18.9. The number of fused-ring (bicyclic) bond motifs is 2. The summed E-state index contributed by atoms with van der Waals surface area (Å²) in [5.74, 6) is 3.31. The van der Waals surface area contributed by atoms with Crippen molar-refractivity contribution in [3.63, 3.8) is 0 Å². The van der Waals surface area contributed by atoms with Gasteiger partial charge in [0, 0.05) is 11.8 Å². The molecule has 2 aliphatic heterocycles. The van der Waals surface area contributed by atoms with Crippen molar-refractivity contribution >= 4 is 11.4 Å². The van der Waals surface area contributed by atoms with E-state index in [0.29, 0.717) is 41.5 Å². The molecule has 2 heteroatoms. The van der Waals surface area contributed by atoms with Crippen molar-refractivity contribution in [2.75, 3.05) is 0 Å². The van der Waals surface area contributed by atoms with Crippen LogP contribution in [-0.4, -0.2) is 17.5 Å².